The van der Waals surface area contributed by atoms with Gasteiger partial charge in [0.05, 0.1) is 0 Å². The summed E-state index contributed by atoms with van der Waals surface area (Å²) in [5.74, 6) is 1.90. The topological polar surface area (TPSA) is 9.72 Å². The third kappa shape index (κ3) is 7.41. The van der Waals surface area contributed by atoms with E-state index in [0.29, 0.717) is 6.04 Å². The predicted octanol–water partition coefficient (Wildman–Crippen LogP) is 3.94. The van der Waals surface area contributed by atoms with E-state index in [0.717, 1.165) is 11.8 Å². The first-order chi connectivity index (χ1) is 11.5. The largest absolute Gasteiger partial charge is 0.302 e. The van der Waals surface area contributed by atoms with E-state index in [2.05, 4.69) is 42.4 Å². The zero-order chi connectivity index (χ0) is 17.4. The van der Waals surface area contributed by atoms with Gasteiger partial charge < -0.3 is 4.90 Å². The van der Waals surface area contributed by atoms with Crippen molar-refractivity contribution in [2.24, 2.45) is 11.8 Å². The molecule has 0 saturated carbocycles. The Morgan fingerprint density at radius 2 is 1.33 bits per heavy atom. The third-order valence-electron chi connectivity index (χ3n) is 6.22. The summed E-state index contributed by atoms with van der Waals surface area (Å²) in [5, 5.41) is 0. The molecule has 3 heteroatoms. The zero-order valence-corrected chi connectivity index (χ0v) is 17.0. The van der Waals surface area contributed by atoms with Crippen molar-refractivity contribution in [2.75, 3.05) is 52.4 Å². The molecule has 2 aliphatic heterocycles. The minimum atomic E-state index is 0.715. The average Bonchev–Trinajstić information content (AvgIpc) is 2.58. The molecular weight excluding hydrogens is 294 g/mol. The Morgan fingerprint density at radius 1 is 0.750 bits per heavy atom. The number of rotatable bonds is 9. The van der Waals surface area contributed by atoms with E-state index in [9.17, 15) is 0 Å². The molecule has 2 heterocycles. The lowest BCUT2D eigenvalue weighted by Crippen LogP contribution is -2.50. The quantitative estimate of drug-likeness (QED) is 0.590. The molecular formula is C21H43N3. The molecule has 0 radical (unpaired) electrons. The molecule has 0 N–H and O–H groups in total. The highest BCUT2D eigenvalue weighted by atomic mass is 15.3. The molecule has 0 aromatic heterocycles. The van der Waals surface area contributed by atoms with Crippen LogP contribution in [0.15, 0.2) is 0 Å². The number of piperazine rings is 1. The Kier molecular flexibility index (Phi) is 9.07. The van der Waals surface area contributed by atoms with Gasteiger partial charge in [-0.05, 0) is 51.6 Å². The van der Waals surface area contributed by atoms with Crippen LogP contribution in [0.3, 0.4) is 0 Å². The maximum absolute atomic E-state index is 2.72. The Bertz CT molecular complexity index is 313. The molecule has 142 valence electrons. The number of piperidine rings is 1. The lowest BCUT2D eigenvalue weighted by molar-refractivity contribution is 0.0911. The van der Waals surface area contributed by atoms with Crippen molar-refractivity contribution in [2.45, 2.75) is 72.3 Å². The van der Waals surface area contributed by atoms with Gasteiger partial charge >= 0.3 is 0 Å². The second kappa shape index (κ2) is 10.8. The summed E-state index contributed by atoms with van der Waals surface area (Å²) in [7, 11) is 0. The molecule has 0 atom stereocenters. The molecule has 0 aliphatic carbocycles. The molecule has 2 aliphatic rings. The van der Waals surface area contributed by atoms with E-state index in [1.165, 1.54) is 90.9 Å². The highest BCUT2D eigenvalue weighted by Crippen LogP contribution is 2.23. The summed E-state index contributed by atoms with van der Waals surface area (Å²) < 4.78 is 0. The Labute approximate surface area is 151 Å². The van der Waals surface area contributed by atoms with Crippen LogP contribution < -0.4 is 0 Å². The van der Waals surface area contributed by atoms with Gasteiger partial charge in [0.25, 0.3) is 0 Å². The summed E-state index contributed by atoms with van der Waals surface area (Å²) >= 11 is 0. The molecule has 2 saturated heterocycles. The molecule has 0 aromatic rings. The van der Waals surface area contributed by atoms with E-state index in [-0.39, 0.29) is 0 Å². The monoisotopic (exact) mass is 337 g/mol. The lowest BCUT2D eigenvalue weighted by atomic mass is 9.90. The van der Waals surface area contributed by atoms with Crippen LogP contribution in [0.2, 0.25) is 0 Å². The number of likely N-dealkylation sites (tertiary alicyclic amines) is 1. The molecule has 0 unspecified atom stereocenters. The van der Waals surface area contributed by atoms with E-state index in [4.69, 9.17) is 0 Å². The van der Waals surface area contributed by atoms with Crippen molar-refractivity contribution in [1.29, 1.82) is 0 Å². The highest BCUT2D eigenvalue weighted by molar-refractivity contribution is 4.77. The van der Waals surface area contributed by atoms with Crippen molar-refractivity contribution >= 4 is 0 Å². The van der Waals surface area contributed by atoms with Crippen LogP contribution in [-0.2, 0) is 0 Å². The summed E-state index contributed by atoms with van der Waals surface area (Å²) in [6.07, 6.45) is 8.70. The maximum atomic E-state index is 2.72. The summed E-state index contributed by atoms with van der Waals surface area (Å²) in [6.45, 7) is 19.7. The Balaban J connectivity index is 1.51. The molecule has 0 aromatic carbocycles. The molecule has 24 heavy (non-hydrogen) atoms. The molecule has 2 fully saturated rings. The SMILES string of the molecule is CC(C)CCCCC1CCN(CCN2CCN(C(C)C)CC2)CC1. The van der Waals surface area contributed by atoms with Crippen LogP contribution in [0.1, 0.15) is 66.2 Å². The number of nitrogens with zero attached hydrogens (tertiary/aromatic N) is 3. The minimum absolute atomic E-state index is 0.715. The second-order valence-corrected chi connectivity index (χ2v) is 8.93. The van der Waals surface area contributed by atoms with Crippen molar-refractivity contribution in [3.05, 3.63) is 0 Å². The van der Waals surface area contributed by atoms with Crippen LogP contribution in [0, 0.1) is 11.8 Å². The Morgan fingerprint density at radius 3 is 1.88 bits per heavy atom. The smallest absolute Gasteiger partial charge is 0.0113 e. The summed E-state index contributed by atoms with van der Waals surface area (Å²) in [4.78, 5) is 8.01. The maximum Gasteiger partial charge on any atom is 0.0113 e. The van der Waals surface area contributed by atoms with Crippen LogP contribution in [0.4, 0.5) is 0 Å². The first kappa shape index (κ1) is 20.2. The number of unbranched alkanes of at least 4 members (excludes halogenated alkanes) is 1. The molecule has 3 nitrogen and oxygen atoms in total. The zero-order valence-electron chi connectivity index (χ0n) is 17.0. The number of hydrogen-bond donors (Lipinski definition) is 0. The van der Waals surface area contributed by atoms with Gasteiger partial charge in [-0.3, -0.25) is 9.80 Å². The second-order valence-electron chi connectivity index (χ2n) is 8.93. The van der Waals surface area contributed by atoms with Crippen molar-refractivity contribution < 1.29 is 0 Å². The van der Waals surface area contributed by atoms with Gasteiger partial charge in [-0.1, -0.05) is 39.5 Å². The number of hydrogen-bond acceptors (Lipinski definition) is 3. The van der Waals surface area contributed by atoms with Crippen molar-refractivity contribution in [3.8, 4) is 0 Å². The van der Waals surface area contributed by atoms with Gasteiger partial charge in [0.1, 0.15) is 0 Å². The van der Waals surface area contributed by atoms with Crippen LogP contribution in [-0.4, -0.2) is 73.1 Å². The standard InChI is InChI=1S/C21H43N3/c1-19(2)7-5-6-8-21-9-11-22(12-10-21)13-14-23-15-17-24(18-16-23)20(3)4/h19-21H,5-18H2,1-4H3. The first-order valence-corrected chi connectivity index (χ1v) is 10.7. The van der Waals surface area contributed by atoms with E-state index < -0.39 is 0 Å². The van der Waals surface area contributed by atoms with Gasteiger partial charge in [0.2, 0.25) is 0 Å². The van der Waals surface area contributed by atoms with E-state index in [1.807, 2.05) is 0 Å². The Hall–Kier alpha value is -0.120. The van der Waals surface area contributed by atoms with Crippen molar-refractivity contribution in [3.63, 3.8) is 0 Å². The fraction of sp³-hybridized carbons (Fsp3) is 1.00. The minimum Gasteiger partial charge on any atom is -0.302 e. The fourth-order valence-corrected chi connectivity index (χ4v) is 4.27. The van der Waals surface area contributed by atoms with Gasteiger partial charge in [-0.25, -0.2) is 0 Å². The summed E-state index contributed by atoms with van der Waals surface area (Å²) in [5.41, 5.74) is 0. The molecule has 0 bridgehead atoms. The van der Waals surface area contributed by atoms with Crippen molar-refractivity contribution in [1.82, 2.24) is 14.7 Å². The first-order valence-electron chi connectivity index (χ1n) is 10.7. The molecule has 0 spiro atoms. The highest BCUT2D eigenvalue weighted by Gasteiger charge is 2.21. The van der Waals surface area contributed by atoms with Crippen LogP contribution >= 0.6 is 0 Å². The van der Waals surface area contributed by atoms with Gasteiger partial charge in [0.15, 0.2) is 0 Å². The summed E-state index contributed by atoms with van der Waals surface area (Å²) in [6, 6.07) is 0.715. The van der Waals surface area contributed by atoms with Gasteiger partial charge in [-0.15, -0.1) is 0 Å². The van der Waals surface area contributed by atoms with Crippen LogP contribution in [0.5, 0.6) is 0 Å². The average molecular weight is 338 g/mol. The van der Waals surface area contributed by atoms with E-state index in [1.54, 1.807) is 0 Å². The van der Waals surface area contributed by atoms with Crippen LogP contribution in [0.25, 0.3) is 0 Å². The lowest BCUT2D eigenvalue weighted by Gasteiger charge is -2.38. The normalized spacial score (nSPS) is 22.8. The molecule has 0 amide bonds. The fourth-order valence-electron chi connectivity index (χ4n) is 4.27. The van der Waals surface area contributed by atoms with E-state index >= 15 is 0 Å². The molecule has 2 rings (SSSR count). The third-order valence-corrected chi connectivity index (χ3v) is 6.22. The predicted molar refractivity (Wildman–Crippen MR) is 106 cm³/mol. The van der Waals surface area contributed by atoms with Gasteiger partial charge in [0, 0.05) is 45.3 Å². The van der Waals surface area contributed by atoms with Gasteiger partial charge in [-0.2, -0.15) is 0 Å².